The lowest BCUT2D eigenvalue weighted by atomic mass is 10.1. The van der Waals surface area contributed by atoms with Crippen LogP contribution < -0.4 is 15.1 Å². The van der Waals surface area contributed by atoms with Crippen LogP contribution in [0.25, 0.3) is 5.65 Å². The third kappa shape index (κ3) is 2.73. The molecule has 1 saturated heterocycles. The van der Waals surface area contributed by atoms with Gasteiger partial charge in [-0.25, -0.2) is 23.9 Å². The van der Waals surface area contributed by atoms with Gasteiger partial charge in [0.25, 0.3) is 5.91 Å². The van der Waals surface area contributed by atoms with Crippen molar-refractivity contribution < 1.29 is 18.8 Å². The van der Waals surface area contributed by atoms with Crippen molar-refractivity contribution in [1.29, 1.82) is 0 Å². The molecule has 144 valence electrons. The molecule has 0 aliphatic carbocycles. The van der Waals surface area contributed by atoms with Gasteiger partial charge in [0, 0.05) is 24.2 Å². The number of pyridine rings is 1. The average molecular weight is 384 g/mol. The lowest BCUT2D eigenvalue weighted by Gasteiger charge is -2.25. The van der Waals surface area contributed by atoms with E-state index in [1.165, 1.54) is 16.8 Å². The van der Waals surface area contributed by atoms with Crippen LogP contribution in [0.2, 0.25) is 0 Å². The van der Waals surface area contributed by atoms with Crippen molar-refractivity contribution in [1.82, 2.24) is 24.9 Å². The summed E-state index contributed by atoms with van der Waals surface area (Å²) < 4.78 is 21.3. The summed E-state index contributed by atoms with van der Waals surface area (Å²) in [4.78, 5) is 27.1. The number of nitrogens with zero attached hydrogens (tertiary/aromatic N) is 5. The smallest absolute Gasteiger partial charge is 0.257 e. The van der Waals surface area contributed by atoms with Crippen molar-refractivity contribution >= 4 is 17.4 Å². The number of nitrogens with one attached hydrogen (secondary N) is 1. The van der Waals surface area contributed by atoms with E-state index in [-0.39, 0.29) is 24.6 Å². The molecule has 2 aliphatic rings. The highest BCUT2D eigenvalue weighted by molar-refractivity contribution is 5.99. The lowest BCUT2D eigenvalue weighted by Crippen LogP contribution is -2.37. The number of amides is 1. The molecule has 0 saturated carbocycles. The molecule has 0 aromatic carbocycles. The normalized spacial score (nSPS) is 21.9. The highest BCUT2D eigenvalue weighted by Crippen LogP contribution is 2.38. The maximum absolute atomic E-state index is 14.0. The quantitative estimate of drug-likeness (QED) is 0.630. The number of rotatable bonds is 0. The second kappa shape index (κ2) is 6.41. The van der Waals surface area contributed by atoms with Crippen molar-refractivity contribution in [3.8, 4) is 5.88 Å². The van der Waals surface area contributed by atoms with Crippen LogP contribution in [0.5, 0.6) is 5.88 Å². The van der Waals surface area contributed by atoms with E-state index in [0.717, 1.165) is 6.20 Å². The van der Waals surface area contributed by atoms with Gasteiger partial charge < -0.3 is 10.1 Å². The van der Waals surface area contributed by atoms with Gasteiger partial charge in [-0.2, -0.15) is 5.10 Å². The summed E-state index contributed by atoms with van der Waals surface area (Å²) in [6.45, 7) is 2.44. The fourth-order valence-electron chi connectivity index (χ4n) is 3.47. The summed E-state index contributed by atoms with van der Waals surface area (Å²) in [5, 5.41) is 8.66. The van der Waals surface area contributed by atoms with Crippen LogP contribution in [0.15, 0.2) is 30.7 Å². The molecule has 9 nitrogen and oxygen atoms in total. The molecule has 5 heterocycles. The third-order valence-corrected chi connectivity index (χ3v) is 4.78. The summed E-state index contributed by atoms with van der Waals surface area (Å²) in [5.74, 6) is 0.0425. The van der Waals surface area contributed by atoms with Gasteiger partial charge in [-0.1, -0.05) is 0 Å². The van der Waals surface area contributed by atoms with Crippen molar-refractivity contribution in [2.45, 2.75) is 25.4 Å². The highest BCUT2D eigenvalue weighted by atomic mass is 19.1. The Kier molecular flexibility index (Phi) is 3.86. The Balaban J connectivity index is 1.69. The number of fused-ring (bicyclic) bond motifs is 5. The van der Waals surface area contributed by atoms with E-state index in [1.807, 2.05) is 6.92 Å². The Morgan fingerprint density at radius 1 is 1.36 bits per heavy atom. The summed E-state index contributed by atoms with van der Waals surface area (Å²) in [7, 11) is 0. The SMILES string of the molecule is CC1COc2ncc(F)cc2[C@@H]2CCON2c2ccn3ncc(c3n2)C(=O)N1. The topological polar surface area (TPSA) is 93.9 Å². The lowest BCUT2D eigenvalue weighted by molar-refractivity contribution is 0.0927. The molecule has 1 fully saturated rings. The zero-order chi connectivity index (χ0) is 19.3. The minimum atomic E-state index is -0.457. The predicted molar refractivity (Wildman–Crippen MR) is 95.4 cm³/mol. The Bertz CT molecular complexity index is 1070. The number of ether oxygens (including phenoxy) is 1. The number of carbonyl (C=O) groups is 1. The van der Waals surface area contributed by atoms with Crippen LogP contribution in [0.1, 0.15) is 35.3 Å². The summed E-state index contributed by atoms with van der Waals surface area (Å²) in [5.41, 5.74) is 1.34. The molecule has 0 spiro atoms. The van der Waals surface area contributed by atoms with Gasteiger partial charge in [0.05, 0.1) is 31.1 Å². The molecule has 2 aliphatic heterocycles. The molecular weight excluding hydrogens is 367 g/mol. The number of hydroxylamine groups is 1. The summed E-state index contributed by atoms with van der Waals surface area (Å²) in [6.07, 6.45) is 4.91. The number of hydrogen-bond donors (Lipinski definition) is 1. The van der Waals surface area contributed by atoms with Crippen molar-refractivity contribution in [2.24, 2.45) is 0 Å². The minimum absolute atomic E-state index is 0.181. The van der Waals surface area contributed by atoms with Crippen molar-refractivity contribution in [3.05, 3.63) is 47.7 Å². The highest BCUT2D eigenvalue weighted by Gasteiger charge is 2.33. The molecule has 0 radical (unpaired) electrons. The molecule has 1 amide bonds. The number of aromatic nitrogens is 4. The Hall–Kier alpha value is -3.27. The largest absolute Gasteiger partial charge is 0.475 e. The van der Waals surface area contributed by atoms with E-state index in [1.54, 1.807) is 17.3 Å². The first-order valence-corrected chi connectivity index (χ1v) is 8.96. The van der Waals surface area contributed by atoms with Crippen LogP contribution in [0.3, 0.4) is 0 Å². The zero-order valence-corrected chi connectivity index (χ0v) is 15.0. The maximum Gasteiger partial charge on any atom is 0.257 e. The van der Waals surface area contributed by atoms with Crippen LogP contribution in [-0.2, 0) is 4.84 Å². The molecule has 1 unspecified atom stereocenters. The van der Waals surface area contributed by atoms with E-state index in [2.05, 4.69) is 20.4 Å². The van der Waals surface area contributed by atoms with Crippen molar-refractivity contribution in [3.63, 3.8) is 0 Å². The second-order valence-electron chi connectivity index (χ2n) is 6.81. The number of hydrogen-bond acceptors (Lipinski definition) is 7. The zero-order valence-electron chi connectivity index (χ0n) is 15.0. The molecule has 10 heteroatoms. The Labute approximate surface area is 159 Å². The molecule has 3 aromatic rings. The Morgan fingerprint density at radius 2 is 2.25 bits per heavy atom. The maximum atomic E-state index is 14.0. The average Bonchev–Trinajstić information content (AvgIpc) is 3.32. The Morgan fingerprint density at radius 3 is 3.14 bits per heavy atom. The van der Waals surface area contributed by atoms with E-state index in [0.29, 0.717) is 41.5 Å². The van der Waals surface area contributed by atoms with Gasteiger partial charge in [-0.15, -0.1) is 0 Å². The molecule has 5 rings (SSSR count). The number of anilines is 1. The monoisotopic (exact) mass is 384 g/mol. The van der Waals surface area contributed by atoms with E-state index >= 15 is 0 Å². The van der Waals surface area contributed by atoms with E-state index in [4.69, 9.17) is 9.57 Å². The second-order valence-corrected chi connectivity index (χ2v) is 6.81. The number of carbonyl (C=O) groups excluding carboxylic acids is 1. The predicted octanol–water partition coefficient (Wildman–Crippen LogP) is 1.66. The summed E-state index contributed by atoms with van der Waals surface area (Å²) >= 11 is 0. The molecular formula is C18H17FN6O3. The number of halogens is 1. The van der Waals surface area contributed by atoms with Crippen LogP contribution >= 0.6 is 0 Å². The van der Waals surface area contributed by atoms with Crippen LogP contribution in [0, 0.1) is 5.82 Å². The van der Waals surface area contributed by atoms with Gasteiger partial charge >= 0.3 is 0 Å². The van der Waals surface area contributed by atoms with Crippen LogP contribution in [-0.4, -0.2) is 44.7 Å². The first kappa shape index (κ1) is 16.9. The molecule has 1 N–H and O–H groups in total. The first-order chi connectivity index (χ1) is 13.6. The van der Waals surface area contributed by atoms with E-state index < -0.39 is 5.82 Å². The molecule has 3 aromatic heterocycles. The molecule has 2 bridgehead atoms. The standard InChI is InChI=1S/C18H17FN6O3/c1-10-9-27-18-12(6-11(19)7-20-18)14-3-5-28-25(14)15-2-4-24-16(23-15)13(8-21-24)17(26)22-10/h2,4,6-8,10,14H,3,5,9H2,1H3,(H,22,26)/t10?,14-/m0/s1. The first-order valence-electron chi connectivity index (χ1n) is 8.96. The third-order valence-electron chi connectivity index (χ3n) is 4.78. The molecule has 28 heavy (non-hydrogen) atoms. The fraction of sp³-hybridized carbons (Fsp3) is 0.333. The van der Waals surface area contributed by atoms with E-state index in [9.17, 15) is 9.18 Å². The van der Waals surface area contributed by atoms with Gasteiger partial charge in [0.1, 0.15) is 18.0 Å². The minimum Gasteiger partial charge on any atom is -0.475 e. The fourth-order valence-corrected chi connectivity index (χ4v) is 3.47. The summed E-state index contributed by atoms with van der Waals surface area (Å²) in [6, 6.07) is 2.51. The van der Waals surface area contributed by atoms with Gasteiger partial charge in [0.2, 0.25) is 5.88 Å². The van der Waals surface area contributed by atoms with Gasteiger partial charge in [0.15, 0.2) is 11.5 Å². The van der Waals surface area contributed by atoms with Crippen LogP contribution in [0.4, 0.5) is 10.2 Å². The molecule has 2 atom stereocenters. The van der Waals surface area contributed by atoms with Gasteiger partial charge in [-0.05, 0) is 13.0 Å². The van der Waals surface area contributed by atoms with Crippen molar-refractivity contribution in [2.75, 3.05) is 18.3 Å². The van der Waals surface area contributed by atoms with Gasteiger partial charge in [-0.3, -0.25) is 9.63 Å².